The van der Waals surface area contributed by atoms with Gasteiger partial charge in [0.15, 0.2) is 0 Å². The number of carbonyl (C=O) groups is 1. The van der Waals surface area contributed by atoms with E-state index < -0.39 is 0 Å². The van der Waals surface area contributed by atoms with Crippen molar-refractivity contribution in [2.75, 3.05) is 5.32 Å². The molecule has 0 saturated carbocycles. The van der Waals surface area contributed by atoms with E-state index in [-0.39, 0.29) is 17.6 Å². The monoisotopic (exact) mass is 303 g/mol. The second-order valence-corrected chi connectivity index (χ2v) is 6.49. The minimum absolute atomic E-state index is 0.0557. The molecule has 0 spiro atoms. The Balaban J connectivity index is 1.61. The van der Waals surface area contributed by atoms with Crippen molar-refractivity contribution in [3.63, 3.8) is 0 Å². The fraction of sp³-hybridized carbons (Fsp3) is 0.571. The van der Waals surface area contributed by atoms with Crippen molar-refractivity contribution in [1.82, 2.24) is 29.9 Å². The van der Waals surface area contributed by atoms with Crippen LogP contribution in [0.1, 0.15) is 33.0 Å². The highest BCUT2D eigenvalue weighted by Crippen LogP contribution is 2.19. The second kappa shape index (κ2) is 5.43. The van der Waals surface area contributed by atoms with Crippen LogP contribution >= 0.6 is 0 Å². The molecule has 3 rings (SSSR count). The predicted molar refractivity (Wildman–Crippen MR) is 81.5 cm³/mol. The van der Waals surface area contributed by atoms with Crippen LogP contribution in [-0.4, -0.2) is 36.6 Å². The van der Waals surface area contributed by atoms with E-state index in [4.69, 9.17) is 0 Å². The van der Waals surface area contributed by atoms with E-state index in [2.05, 4.69) is 25.8 Å². The first-order chi connectivity index (χ1) is 10.4. The number of amides is 2. The lowest BCUT2D eigenvalue weighted by Crippen LogP contribution is -2.43. The first kappa shape index (κ1) is 14.6. The summed E-state index contributed by atoms with van der Waals surface area (Å²) in [7, 11) is 0. The summed E-state index contributed by atoms with van der Waals surface area (Å²) >= 11 is 0. The van der Waals surface area contributed by atoms with Crippen LogP contribution in [0.4, 0.5) is 10.6 Å². The van der Waals surface area contributed by atoms with Crippen molar-refractivity contribution >= 4 is 11.8 Å². The van der Waals surface area contributed by atoms with E-state index in [0.717, 1.165) is 18.7 Å². The first-order valence-corrected chi connectivity index (χ1v) is 7.42. The van der Waals surface area contributed by atoms with Crippen molar-refractivity contribution in [3.8, 4) is 0 Å². The lowest BCUT2D eigenvalue weighted by molar-refractivity contribution is 0.243. The molecule has 1 atom stereocenters. The maximum atomic E-state index is 12.2. The van der Waals surface area contributed by atoms with Gasteiger partial charge in [-0.05, 0) is 27.2 Å². The maximum Gasteiger partial charge on any atom is 0.320 e. The van der Waals surface area contributed by atoms with Gasteiger partial charge in [-0.2, -0.15) is 10.2 Å². The van der Waals surface area contributed by atoms with Gasteiger partial charge in [0.1, 0.15) is 18.0 Å². The number of hydrogen-bond donors (Lipinski definition) is 2. The average Bonchev–Trinajstić information content (AvgIpc) is 3.05. The van der Waals surface area contributed by atoms with Crippen LogP contribution < -0.4 is 10.6 Å². The number of urea groups is 1. The van der Waals surface area contributed by atoms with Crippen LogP contribution in [0.3, 0.4) is 0 Å². The molecule has 8 nitrogen and oxygen atoms in total. The molecule has 1 aliphatic rings. The molecule has 0 saturated heterocycles. The molecular formula is C14H21N7O. The molecule has 22 heavy (non-hydrogen) atoms. The third kappa shape index (κ3) is 2.95. The van der Waals surface area contributed by atoms with Gasteiger partial charge in [-0.1, -0.05) is 0 Å². The van der Waals surface area contributed by atoms with Gasteiger partial charge in [-0.25, -0.2) is 19.1 Å². The van der Waals surface area contributed by atoms with E-state index in [9.17, 15) is 4.79 Å². The van der Waals surface area contributed by atoms with Crippen molar-refractivity contribution in [3.05, 3.63) is 24.4 Å². The van der Waals surface area contributed by atoms with Gasteiger partial charge < -0.3 is 5.32 Å². The number of anilines is 1. The second-order valence-electron chi connectivity index (χ2n) is 6.49. The van der Waals surface area contributed by atoms with Gasteiger partial charge in [-0.3, -0.25) is 5.32 Å². The standard InChI is InChI=1S/C14H21N7O/c1-14(2,3)21-12(6-7-16-21)19-13(22)18-10-4-5-11-15-9-17-20(11)8-10/h6-7,9-10H,4-5,8H2,1-3H3,(H2,18,19,22). The molecular weight excluding hydrogens is 282 g/mol. The molecule has 2 N–H and O–H groups in total. The topological polar surface area (TPSA) is 89.7 Å². The predicted octanol–water partition coefficient (Wildman–Crippen LogP) is 1.37. The van der Waals surface area contributed by atoms with Gasteiger partial charge in [0.05, 0.1) is 24.3 Å². The van der Waals surface area contributed by atoms with E-state index in [1.54, 1.807) is 23.3 Å². The van der Waals surface area contributed by atoms with Gasteiger partial charge >= 0.3 is 6.03 Å². The molecule has 0 radical (unpaired) electrons. The number of rotatable bonds is 2. The summed E-state index contributed by atoms with van der Waals surface area (Å²) in [5.74, 6) is 1.66. The van der Waals surface area contributed by atoms with Gasteiger partial charge in [-0.15, -0.1) is 0 Å². The van der Waals surface area contributed by atoms with Crippen LogP contribution in [0, 0.1) is 0 Å². The molecule has 2 amide bonds. The molecule has 1 unspecified atom stereocenters. The first-order valence-electron chi connectivity index (χ1n) is 7.42. The highest BCUT2D eigenvalue weighted by atomic mass is 16.2. The largest absolute Gasteiger partial charge is 0.333 e. The molecule has 118 valence electrons. The molecule has 2 aromatic rings. The number of hydrogen-bond acceptors (Lipinski definition) is 4. The highest BCUT2D eigenvalue weighted by molar-refractivity contribution is 5.88. The van der Waals surface area contributed by atoms with Crippen molar-refractivity contribution < 1.29 is 4.79 Å². The molecule has 0 aromatic carbocycles. The van der Waals surface area contributed by atoms with Crippen molar-refractivity contribution in [2.24, 2.45) is 0 Å². The Morgan fingerprint density at radius 3 is 2.95 bits per heavy atom. The number of aromatic nitrogens is 5. The molecule has 0 aliphatic carbocycles. The summed E-state index contributed by atoms with van der Waals surface area (Å²) in [6.07, 6.45) is 4.93. The van der Waals surface area contributed by atoms with Crippen LogP contribution in [0.25, 0.3) is 0 Å². The zero-order valence-corrected chi connectivity index (χ0v) is 13.1. The summed E-state index contributed by atoms with van der Waals surface area (Å²) in [6, 6.07) is 1.63. The Morgan fingerprint density at radius 1 is 1.36 bits per heavy atom. The number of fused-ring (bicyclic) bond motifs is 1. The summed E-state index contributed by atoms with van der Waals surface area (Å²) < 4.78 is 3.64. The summed E-state index contributed by atoms with van der Waals surface area (Å²) in [4.78, 5) is 16.4. The molecule has 2 aromatic heterocycles. The lowest BCUT2D eigenvalue weighted by Gasteiger charge is -2.25. The summed E-state index contributed by atoms with van der Waals surface area (Å²) in [5.41, 5.74) is -0.188. The van der Waals surface area contributed by atoms with Gasteiger partial charge in [0.25, 0.3) is 0 Å². The van der Waals surface area contributed by atoms with E-state index >= 15 is 0 Å². The Kier molecular flexibility index (Phi) is 3.59. The van der Waals surface area contributed by atoms with Crippen LogP contribution in [0.15, 0.2) is 18.6 Å². The van der Waals surface area contributed by atoms with Gasteiger partial charge in [0.2, 0.25) is 0 Å². The zero-order valence-electron chi connectivity index (χ0n) is 13.1. The number of carbonyl (C=O) groups excluding carboxylic acids is 1. The highest BCUT2D eigenvalue weighted by Gasteiger charge is 2.23. The number of aryl methyl sites for hydroxylation is 1. The molecule has 0 bridgehead atoms. The Labute approximate surface area is 128 Å². The molecule has 8 heteroatoms. The molecule has 0 fully saturated rings. The summed E-state index contributed by atoms with van der Waals surface area (Å²) in [5, 5.41) is 14.3. The average molecular weight is 303 g/mol. The van der Waals surface area contributed by atoms with Crippen LogP contribution in [0.2, 0.25) is 0 Å². The quantitative estimate of drug-likeness (QED) is 0.876. The fourth-order valence-corrected chi connectivity index (χ4v) is 2.63. The van der Waals surface area contributed by atoms with Crippen LogP contribution in [-0.2, 0) is 18.5 Å². The minimum atomic E-state index is -0.223. The molecule has 1 aliphatic heterocycles. The smallest absolute Gasteiger partial charge is 0.320 e. The Bertz CT molecular complexity index is 667. The fourth-order valence-electron chi connectivity index (χ4n) is 2.63. The minimum Gasteiger partial charge on any atom is -0.333 e. The third-order valence-electron chi connectivity index (χ3n) is 3.66. The third-order valence-corrected chi connectivity index (χ3v) is 3.66. The van der Waals surface area contributed by atoms with Gasteiger partial charge in [0, 0.05) is 12.5 Å². The van der Waals surface area contributed by atoms with Crippen molar-refractivity contribution in [2.45, 2.75) is 51.7 Å². The SMILES string of the molecule is CC(C)(C)n1nccc1NC(=O)NC1CCc2ncnn2C1. The summed E-state index contributed by atoms with van der Waals surface area (Å²) in [6.45, 7) is 6.77. The number of nitrogens with zero attached hydrogens (tertiary/aromatic N) is 5. The van der Waals surface area contributed by atoms with Crippen molar-refractivity contribution in [1.29, 1.82) is 0 Å². The maximum absolute atomic E-state index is 12.2. The Morgan fingerprint density at radius 2 is 2.18 bits per heavy atom. The van der Waals surface area contributed by atoms with Crippen LogP contribution in [0.5, 0.6) is 0 Å². The normalized spacial score (nSPS) is 17.9. The zero-order chi connectivity index (χ0) is 15.7. The Hall–Kier alpha value is -2.38. The van der Waals surface area contributed by atoms with E-state index in [1.165, 1.54) is 0 Å². The van der Waals surface area contributed by atoms with E-state index in [1.807, 2.05) is 25.5 Å². The number of nitrogens with one attached hydrogen (secondary N) is 2. The lowest BCUT2D eigenvalue weighted by atomic mass is 10.1. The van der Waals surface area contributed by atoms with E-state index in [0.29, 0.717) is 12.4 Å². The molecule has 3 heterocycles.